The number of fused-ring (bicyclic) bond motifs is 1. The van der Waals surface area contributed by atoms with Gasteiger partial charge in [-0.25, -0.2) is 4.79 Å². The van der Waals surface area contributed by atoms with Gasteiger partial charge in [0.2, 0.25) is 6.10 Å². The first-order chi connectivity index (χ1) is 13.5. The smallest absolute Gasteiger partial charge is 0.419 e. The summed E-state index contributed by atoms with van der Waals surface area (Å²) in [5, 5.41) is 0. The Morgan fingerprint density at radius 1 is 1.07 bits per heavy atom. The average Bonchev–Trinajstić information content (AvgIpc) is 3.01. The first-order valence-electron chi connectivity index (χ1n) is 9.01. The Bertz CT molecular complexity index is 1020. The van der Waals surface area contributed by atoms with Crippen LogP contribution >= 0.6 is 0 Å². The predicted octanol–water partition coefficient (Wildman–Crippen LogP) is 2.75. The van der Waals surface area contributed by atoms with Gasteiger partial charge in [-0.2, -0.15) is 0 Å². The number of hydrogen-bond donors (Lipinski definition) is 0. The van der Waals surface area contributed by atoms with Crippen molar-refractivity contribution in [2.45, 2.75) is 25.5 Å². The highest BCUT2D eigenvalue weighted by atomic mass is 16.5. The lowest BCUT2D eigenvalue weighted by Gasteiger charge is -2.21. The van der Waals surface area contributed by atoms with Gasteiger partial charge in [0.15, 0.2) is 5.58 Å². The number of likely N-dealkylation sites (N-methyl/N-ethyl adjacent to an activating group) is 1. The molecular weight excluding hydrogens is 360 g/mol. The molecule has 3 aromatic rings. The van der Waals surface area contributed by atoms with Crippen molar-refractivity contribution in [3.63, 3.8) is 0 Å². The van der Waals surface area contributed by atoms with E-state index < -0.39 is 17.8 Å². The summed E-state index contributed by atoms with van der Waals surface area (Å²) in [6.07, 6.45) is -0.517. The lowest BCUT2D eigenvalue weighted by atomic mass is 10.1. The van der Waals surface area contributed by atoms with Crippen LogP contribution in [0.5, 0.6) is 0 Å². The van der Waals surface area contributed by atoms with Crippen LogP contribution in [0.1, 0.15) is 24.5 Å². The van der Waals surface area contributed by atoms with Crippen molar-refractivity contribution in [2.24, 2.45) is 0 Å². The summed E-state index contributed by atoms with van der Waals surface area (Å²) in [5.74, 6) is -1.26. The van der Waals surface area contributed by atoms with E-state index in [0.717, 1.165) is 0 Å². The molecule has 0 aliphatic heterocycles. The predicted molar refractivity (Wildman–Crippen MR) is 104 cm³/mol. The van der Waals surface area contributed by atoms with E-state index in [9.17, 15) is 14.4 Å². The topological polar surface area (TPSA) is 81.8 Å². The van der Waals surface area contributed by atoms with Gasteiger partial charge in [0.1, 0.15) is 0 Å². The molecule has 0 N–H and O–H groups in total. The maximum absolute atomic E-state index is 12.4. The van der Waals surface area contributed by atoms with Gasteiger partial charge in [0, 0.05) is 32.6 Å². The number of rotatable bonds is 7. The molecule has 0 spiro atoms. The number of amides is 1. The zero-order chi connectivity index (χ0) is 20.1. The van der Waals surface area contributed by atoms with Gasteiger partial charge in [0.05, 0.1) is 5.52 Å². The molecule has 1 atom stereocenters. The van der Waals surface area contributed by atoms with Crippen molar-refractivity contribution in [1.29, 1.82) is 0 Å². The van der Waals surface area contributed by atoms with Crippen LogP contribution in [0, 0.1) is 0 Å². The molecular formula is C21H22N2O5. The number of oxazole rings is 1. The van der Waals surface area contributed by atoms with Crippen LogP contribution in [-0.4, -0.2) is 35.4 Å². The number of hydrogen-bond acceptors (Lipinski definition) is 5. The second-order valence-electron chi connectivity index (χ2n) is 6.60. The lowest BCUT2D eigenvalue weighted by Crippen LogP contribution is -2.31. The summed E-state index contributed by atoms with van der Waals surface area (Å²) in [5.41, 5.74) is 1.81. The summed E-state index contributed by atoms with van der Waals surface area (Å²) in [6, 6.07) is 16.0. The van der Waals surface area contributed by atoms with Gasteiger partial charge in [-0.05, 0) is 18.6 Å². The molecule has 0 fully saturated rings. The van der Waals surface area contributed by atoms with E-state index in [2.05, 4.69) is 0 Å². The molecule has 28 heavy (non-hydrogen) atoms. The molecule has 3 rings (SSSR count). The van der Waals surface area contributed by atoms with Crippen molar-refractivity contribution < 1.29 is 18.7 Å². The molecule has 1 heterocycles. The summed E-state index contributed by atoms with van der Waals surface area (Å²) in [6.45, 7) is 0.322. The van der Waals surface area contributed by atoms with E-state index in [-0.39, 0.29) is 12.3 Å². The Kier molecular flexibility index (Phi) is 5.93. The highest BCUT2D eigenvalue weighted by Crippen LogP contribution is 2.20. The minimum absolute atomic E-state index is 0.0794. The second-order valence-corrected chi connectivity index (χ2v) is 6.60. The Hall–Kier alpha value is -3.35. The van der Waals surface area contributed by atoms with Crippen LogP contribution in [0.3, 0.4) is 0 Å². The molecule has 1 amide bonds. The molecule has 7 nitrogen and oxygen atoms in total. The Morgan fingerprint density at radius 3 is 2.46 bits per heavy atom. The SMILES string of the molecule is CN(C)C(=O)C(OC(=O)CCCn1c(=O)oc2ccccc21)c1ccccc1. The monoisotopic (exact) mass is 382 g/mol. The van der Waals surface area contributed by atoms with Gasteiger partial charge in [-0.1, -0.05) is 42.5 Å². The van der Waals surface area contributed by atoms with Gasteiger partial charge in [0.25, 0.3) is 5.91 Å². The molecule has 146 valence electrons. The van der Waals surface area contributed by atoms with Crippen molar-refractivity contribution in [1.82, 2.24) is 9.47 Å². The number of esters is 1. The fourth-order valence-corrected chi connectivity index (χ4v) is 2.92. The number of benzene rings is 2. The molecule has 2 aromatic carbocycles. The summed E-state index contributed by atoms with van der Waals surface area (Å²) in [4.78, 5) is 38.1. The van der Waals surface area contributed by atoms with E-state index in [0.29, 0.717) is 29.6 Å². The van der Waals surface area contributed by atoms with E-state index in [1.807, 2.05) is 12.1 Å². The molecule has 0 aliphatic rings. The fourth-order valence-electron chi connectivity index (χ4n) is 2.92. The molecule has 0 radical (unpaired) electrons. The molecule has 0 saturated heterocycles. The number of ether oxygens (including phenoxy) is 1. The van der Waals surface area contributed by atoms with Crippen LogP contribution < -0.4 is 5.76 Å². The maximum Gasteiger partial charge on any atom is 0.419 e. The third-order valence-corrected chi connectivity index (χ3v) is 4.35. The largest absolute Gasteiger partial charge is 0.447 e. The van der Waals surface area contributed by atoms with Gasteiger partial charge in [-0.3, -0.25) is 14.2 Å². The van der Waals surface area contributed by atoms with Crippen molar-refractivity contribution >= 4 is 23.0 Å². The first kappa shape index (κ1) is 19.4. The zero-order valence-electron chi connectivity index (χ0n) is 15.8. The molecule has 0 saturated carbocycles. The average molecular weight is 382 g/mol. The van der Waals surface area contributed by atoms with Crippen molar-refractivity contribution in [3.8, 4) is 0 Å². The van der Waals surface area contributed by atoms with Crippen molar-refractivity contribution in [2.75, 3.05) is 14.1 Å². The van der Waals surface area contributed by atoms with Gasteiger partial charge in [-0.15, -0.1) is 0 Å². The summed E-state index contributed by atoms with van der Waals surface area (Å²) < 4.78 is 12.1. The number of carbonyl (C=O) groups is 2. The van der Waals surface area contributed by atoms with Crippen LogP contribution in [0.4, 0.5) is 0 Å². The Balaban J connectivity index is 1.64. The highest BCUT2D eigenvalue weighted by molar-refractivity contribution is 5.84. The fraction of sp³-hybridized carbons (Fsp3) is 0.286. The standard InChI is InChI=1S/C21H22N2O5/c1-22(2)20(25)19(15-9-4-3-5-10-15)28-18(24)13-8-14-23-16-11-6-7-12-17(16)27-21(23)26/h3-7,9-12,19H,8,13-14H2,1-2H3. The van der Waals surface area contributed by atoms with Gasteiger partial charge < -0.3 is 14.1 Å². The van der Waals surface area contributed by atoms with Crippen LogP contribution in [0.15, 0.2) is 63.8 Å². The normalized spacial score (nSPS) is 11.9. The Morgan fingerprint density at radius 2 is 1.75 bits per heavy atom. The lowest BCUT2D eigenvalue weighted by molar-refractivity contribution is -0.159. The molecule has 0 bridgehead atoms. The van der Waals surface area contributed by atoms with Crippen molar-refractivity contribution in [3.05, 3.63) is 70.7 Å². The quantitative estimate of drug-likeness (QED) is 0.587. The second kappa shape index (κ2) is 8.56. The summed E-state index contributed by atoms with van der Waals surface area (Å²) >= 11 is 0. The zero-order valence-corrected chi connectivity index (χ0v) is 15.8. The maximum atomic E-state index is 12.4. The van der Waals surface area contributed by atoms with Crippen LogP contribution in [0.2, 0.25) is 0 Å². The third-order valence-electron chi connectivity index (χ3n) is 4.35. The molecule has 7 heteroatoms. The number of nitrogens with zero attached hydrogens (tertiary/aromatic N) is 2. The summed E-state index contributed by atoms with van der Waals surface area (Å²) in [7, 11) is 3.23. The van der Waals surface area contributed by atoms with E-state index in [4.69, 9.17) is 9.15 Å². The number of carbonyl (C=O) groups excluding carboxylic acids is 2. The third kappa shape index (κ3) is 4.31. The van der Waals surface area contributed by atoms with E-state index in [1.54, 1.807) is 56.6 Å². The molecule has 0 aliphatic carbocycles. The highest BCUT2D eigenvalue weighted by Gasteiger charge is 2.26. The molecule has 1 aromatic heterocycles. The first-order valence-corrected chi connectivity index (χ1v) is 9.01. The van der Waals surface area contributed by atoms with Crippen LogP contribution in [0.25, 0.3) is 11.1 Å². The number of aromatic nitrogens is 1. The van der Waals surface area contributed by atoms with Crippen LogP contribution in [-0.2, 0) is 20.9 Å². The van der Waals surface area contributed by atoms with Gasteiger partial charge >= 0.3 is 11.7 Å². The number of para-hydroxylation sites is 2. The number of aryl methyl sites for hydroxylation is 1. The minimum Gasteiger partial charge on any atom is -0.447 e. The van der Waals surface area contributed by atoms with E-state index in [1.165, 1.54) is 9.47 Å². The van der Waals surface area contributed by atoms with E-state index >= 15 is 0 Å². The minimum atomic E-state index is -0.985. The molecule has 1 unspecified atom stereocenters. The Labute approximate surface area is 162 Å².